The summed E-state index contributed by atoms with van der Waals surface area (Å²) in [5.41, 5.74) is -9.89. The zero-order chi connectivity index (χ0) is 9.57. The highest BCUT2D eigenvalue weighted by Crippen LogP contribution is 2.55. The monoisotopic (exact) mass is 210 g/mol. The van der Waals surface area contributed by atoms with Gasteiger partial charge in [-0.1, -0.05) is 11.8 Å². The van der Waals surface area contributed by atoms with Gasteiger partial charge in [0.25, 0.3) is 0 Å². The lowest BCUT2D eigenvalue weighted by molar-refractivity contribution is -0.165. The number of hydrogen-bond donors (Lipinski definition) is 0. The summed E-state index contributed by atoms with van der Waals surface area (Å²) in [6.07, 6.45) is 0. The van der Waals surface area contributed by atoms with Crippen molar-refractivity contribution in [1.29, 1.82) is 0 Å². The van der Waals surface area contributed by atoms with Crippen LogP contribution in [-0.2, 0) is 0 Å². The van der Waals surface area contributed by atoms with Crippen LogP contribution < -0.4 is 0 Å². The molecule has 1 aliphatic rings. The van der Waals surface area contributed by atoms with E-state index in [-0.39, 0.29) is 0 Å². The molecule has 1 rings (SSSR count). The predicted molar refractivity (Wildman–Crippen MR) is 32.1 cm³/mol. The molecule has 0 bridgehead atoms. The Hall–Kier alpha value is -0.0700. The Morgan fingerprint density at radius 3 is 1.75 bits per heavy atom. The molecule has 0 amide bonds. The van der Waals surface area contributed by atoms with Gasteiger partial charge in [0.1, 0.15) is 6.67 Å². The van der Waals surface area contributed by atoms with E-state index in [1.807, 2.05) is 0 Å². The van der Waals surface area contributed by atoms with Crippen LogP contribution in [0, 0.1) is 0 Å². The molecule has 1 saturated heterocycles. The molecule has 0 saturated carbocycles. The molecular weight excluding hydrogens is 206 g/mol. The third kappa shape index (κ3) is 1.02. The second-order valence-electron chi connectivity index (χ2n) is 2.39. The van der Waals surface area contributed by atoms with E-state index in [0.717, 1.165) is 0 Å². The summed E-state index contributed by atoms with van der Waals surface area (Å²) in [6.45, 7) is -2.23. The number of hydrogen-bond acceptors (Lipinski definition) is 1. The van der Waals surface area contributed by atoms with Crippen molar-refractivity contribution in [1.82, 2.24) is 0 Å². The Morgan fingerprint density at radius 1 is 1.08 bits per heavy atom. The number of thioether (sulfide) groups is 1. The van der Waals surface area contributed by atoms with Crippen LogP contribution in [0.5, 0.6) is 0 Å². The molecule has 12 heavy (non-hydrogen) atoms. The maximum absolute atomic E-state index is 12.7. The highest BCUT2D eigenvalue weighted by molar-refractivity contribution is 8.00. The molecule has 7 heteroatoms. The predicted octanol–water partition coefficient (Wildman–Crippen LogP) is 2.64. The van der Waals surface area contributed by atoms with Gasteiger partial charge in [-0.2, -0.15) is 8.78 Å². The third-order valence-electron chi connectivity index (χ3n) is 1.63. The van der Waals surface area contributed by atoms with Crippen molar-refractivity contribution in [2.75, 3.05) is 6.67 Å². The van der Waals surface area contributed by atoms with Crippen molar-refractivity contribution < 1.29 is 26.3 Å². The molecular formula is C5H4F6S. The molecule has 0 aromatic rings. The number of alkyl halides is 6. The van der Waals surface area contributed by atoms with E-state index in [4.69, 9.17) is 0 Å². The van der Waals surface area contributed by atoms with E-state index in [9.17, 15) is 26.3 Å². The Bertz CT molecular complexity index is 185. The van der Waals surface area contributed by atoms with Gasteiger partial charge >= 0.3 is 5.92 Å². The second-order valence-corrected chi connectivity index (χ2v) is 3.49. The molecule has 72 valence electrons. The van der Waals surface area contributed by atoms with Gasteiger partial charge in [0.05, 0.1) is 0 Å². The molecule has 0 aromatic carbocycles. The quantitative estimate of drug-likeness (QED) is 0.599. The number of halogens is 6. The van der Waals surface area contributed by atoms with E-state index in [0.29, 0.717) is 0 Å². The minimum absolute atomic E-state index is 0.539. The van der Waals surface area contributed by atoms with Crippen LogP contribution >= 0.6 is 11.8 Å². The van der Waals surface area contributed by atoms with Crippen LogP contribution in [0.15, 0.2) is 0 Å². The Labute approximate surface area is 68.3 Å². The molecule has 0 aliphatic carbocycles. The second kappa shape index (κ2) is 2.71. The molecule has 0 N–H and O–H groups in total. The van der Waals surface area contributed by atoms with Gasteiger partial charge in [-0.25, -0.2) is 17.6 Å². The van der Waals surface area contributed by atoms with E-state index in [1.54, 1.807) is 0 Å². The van der Waals surface area contributed by atoms with Gasteiger partial charge in [-0.05, 0) is 0 Å². The zero-order valence-corrected chi connectivity index (χ0v) is 6.35. The molecule has 0 aromatic heterocycles. The summed E-state index contributed by atoms with van der Waals surface area (Å²) in [4.78, 5) is 0. The molecule has 0 radical (unpaired) electrons. The van der Waals surface area contributed by atoms with Gasteiger partial charge in [-0.15, -0.1) is 0 Å². The largest absolute Gasteiger partial charge is 0.327 e. The SMILES string of the molecule is FCC1(F)C(F)SC(F)C1(F)F. The minimum atomic E-state index is -4.59. The van der Waals surface area contributed by atoms with Crippen LogP contribution in [-0.4, -0.2) is 29.3 Å². The van der Waals surface area contributed by atoms with Gasteiger partial charge in [0, 0.05) is 0 Å². The first-order valence-electron chi connectivity index (χ1n) is 2.92. The third-order valence-corrected chi connectivity index (χ3v) is 2.78. The zero-order valence-electron chi connectivity index (χ0n) is 5.54. The molecule has 3 unspecified atom stereocenters. The Kier molecular flexibility index (Phi) is 2.26. The first kappa shape index (κ1) is 10.0. The first-order chi connectivity index (χ1) is 5.36. The van der Waals surface area contributed by atoms with Crippen LogP contribution in [0.3, 0.4) is 0 Å². The molecule has 3 atom stereocenters. The summed E-state index contributed by atoms with van der Waals surface area (Å²) in [5, 5.41) is 0. The van der Waals surface area contributed by atoms with Crippen molar-refractivity contribution in [2.45, 2.75) is 22.6 Å². The van der Waals surface area contributed by atoms with Gasteiger partial charge < -0.3 is 0 Å². The van der Waals surface area contributed by atoms with Crippen LogP contribution in [0.1, 0.15) is 0 Å². The van der Waals surface area contributed by atoms with Crippen molar-refractivity contribution in [3.05, 3.63) is 0 Å². The minimum Gasteiger partial charge on any atom is -0.247 e. The summed E-state index contributed by atoms with van der Waals surface area (Å²) >= 11 is -0.539. The van der Waals surface area contributed by atoms with Gasteiger partial charge in [0.2, 0.25) is 11.2 Å². The summed E-state index contributed by atoms with van der Waals surface area (Å²) < 4.78 is 73.7. The standard InChI is InChI=1S/C5H4F6S/c6-1-4(9)2(7)12-3(8)5(4,10)11/h2-3H,1H2. The van der Waals surface area contributed by atoms with Crippen LogP contribution in [0.4, 0.5) is 26.3 Å². The lowest BCUT2D eigenvalue weighted by atomic mass is 10.0. The highest BCUT2D eigenvalue weighted by atomic mass is 32.2. The highest BCUT2D eigenvalue weighted by Gasteiger charge is 2.72. The molecule has 0 spiro atoms. The van der Waals surface area contributed by atoms with Gasteiger partial charge in [0.15, 0.2) is 5.50 Å². The fraction of sp³-hybridized carbons (Fsp3) is 1.00. The van der Waals surface area contributed by atoms with Crippen molar-refractivity contribution >= 4 is 11.8 Å². The Balaban J connectivity index is 2.98. The van der Waals surface area contributed by atoms with Crippen molar-refractivity contribution in [3.8, 4) is 0 Å². The smallest absolute Gasteiger partial charge is 0.247 e. The van der Waals surface area contributed by atoms with E-state index in [2.05, 4.69) is 0 Å². The van der Waals surface area contributed by atoms with Crippen LogP contribution in [0.25, 0.3) is 0 Å². The average molecular weight is 210 g/mol. The number of rotatable bonds is 1. The maximum Gasteiger partial charge on any atom is 0.327 e. The summed E-state index contributed by atoms with van der Waals surface area (Å²) in [5.74, 6) is -4.59. The average Bonchev–Trinajstić information content (AvgIpc) is 2.14. The topological polar surface area (TPSA) is 0 Å². The maximum atomic E-state index is 12.7. The molecule has 1 fully saturated rings. The fourth-order valence-electron chi connectivity index (χ4n) is 0.788. The normalized spacial score (nSPS) is 46.5. The van der Waals surface area contributed by atoms with E-state index >= 15 is 0 Å². The van der Waals surface area contributed by atoms with E-state index in [1.165, 1.54) is 0 Å². The Morgan fingerprint density at radius 2 is 1.58 bits per heavy atom. The first-order valence-corrected chi connectivity index (χ1v) is 3.87. The fourth-order valence-corrected chi connectivity index (χ4v) is 1.80. The van der Waals surface area contributed by atoms with Crippen molar-refractivity contribution in [3.63, 3.8) is 0 Å². The molecule has 1 aliphatic heterocycles. The van der Waals surface area contributed by atoms with Crippen molar-refractivity contribution in [2.24, 2.45) is 0 Å². The lowest BCUT2D eigenvalue weighted by Crippen LogP contribution is -2.49. The van der Waals surface area contributed by atoms with E-state index < -0.39 is 41.0 Å². The summed E-state index contributed by atoms with van der Waals surface area (Å²) in [7, 11) is 0. The van der Waals surface area contributed by atoms with Gasteiger partial charge in [-0.3, -0.25) is 0 Å². The van der Waals surface area contributed by atoms with Crippen LogP contribution in [0.2, 0.25) is 0 Å². The molecule has 1 heterocycles. The lowest BCUT2D eigenvalue weighted by Gasteiger charge is -2.24. The molecule has 0 nitrogen and oxygen atoms in total. The summed E-state index contributed by atoms with van der Waals surface area (Å²) in [6, 6.07) is 0.